The molecule has 0 unspecified atom stereocenters. The van der Waals surface area contributed by atoms with Crippen LogP contribution in [0.25, 0.3) is 0 Å². The van der Waals surface area contributed by atoms with Gasteiger partial charge in [0.1, 0.15) is 0 Å². The average molecular weight is 324 g/mol. The van der Waals surface area contributed by atoms with E-state index in [0.29, 0.717) is 12.3 Å². The molecule has 4 fully saturated rings. The third-order valence-corrected chi connectivity index (χ3v) is 8.66. The second-order valence-electron chi connectivity index (χ2n) is 9.54. The summed E-state index contributed by atoms with van der Waals surface area (Å²) in [4.78, 5) is 0. The Morgan fingerprint density at radius 3 is 2.30 bits per heavy atom. The Morgan fingerprint density at radius 1 is 0.870 bits per heavy atom. The zero-order valence-electron chi connectivity index (χ0n) is 14.3. The maximum atomic E-state index is 11.0. The summed E-state index contributed by atoms with van der Waals surface area (Å²) in [6, 6.07) is 0. The predicted octanol–water partition coefficient (Wildman–Crippen LogP) is 1.84. The van der Waals surface area contributed by atoms with Gasteiger partial charge in [0, 0.05) is 0 Å². The van der Waals surface area contributed by atoms with Crippen LogP contribution in [-0.4, -0.2) is 44.8 Å². The van der Waals surface area contributed by atoms with Crippen molar-refractivity contribution in [2.24, 2.45) is 28.6 Å². The van der Waals surface area contributed by atoms with Crippen LogP contribution in [0.1, 0.15) is 64.7 Å². The molecule has 1 spiro atoms. The van der Waals surface area contributed by atoms with Crippen LogP contribution in [0, 0.1) is 28.6 Å². The van der Waals surface area contributed by atoms with Crippen LogP contribution in [-0.2, 0) is 0 Å². The predicted molar refractivity (Wildman–Crippen MR) is 86.6 cm³/mol. The largest absolute Gasteiger partial charge is 0.393 e. The number of hydrogen-bond acceptors (Lipinski definition) is 4. The van der Waals surface area contributed by atoms with Gasteiger partial charge in [-0.2, -0.15) is 0 Å². The molecule has 0 aliphatic heterocycles. The second kappa shape index (κ2) is 4.94. The van der Waals surface area contributed by atoms with Gasteiger partial charge in [-0.25, -0.2) is 0 Å². The molecular weight excluding hydrogens is 292 g/mol. The Kier molecular flexibility index (Phi) is 3.50. The van der Waals surface area contributed by atoms with Gasteiger partial charge in [0.05, 0.1) is 24.4 Å². The van der Waals surface area contributed by atoms with E-state index in [1.807, 2.05) is 0 Å². The number of fused-ring (bicyclic) bond motifs is 3. The summed E-state index contributed by atoms with van der Waals surface area (Å²) in [5, 5.41) is 41.5. The van der Waals surface area contributed by atoms with Crippen LogP contribution < -0.4 is 0 Å². The lowest BCUT2D eigenvalue weighted by Gasteiger charge is -2.63. The van der Waals surface area contributed by atoms with Gasteiger partial charge in [-0.05, 0) is 86.4 Å². The molecule has 4 aliphatic carbocycles. The minimum atomic E-state index is -0.919. The van der Waals surface area contributed by atoms with Gasteiger partial charge >= 0.3 is 0 Å². The van der Waals surface area contributed by atoms with Gasteiger partial charge in [0.2, 0.25) is 0 Å². The average Bonchev–Trinajstić information content (AvgIpc) is 2.74. The highest BCUT2D eigenvalue weighted by atomic mass is 16.3. The first-order chi connectivity index (χ1) is 10.8. The monoisotopic (exact) mass is 324 g/mol. The van der Waals surface area contributed by atoms with E-state index in [4.69, 9.17) is 0 Å². The quantitative estimate of drug-likeness (QED) is 0.625. The highest BCUT2D eigenvalue weighted by Gasteiger charge is 2.67. The van der Waals surface area contributed by atoms with Crippen LogP contribution in [0.3, 0.4) is 0 Å². The maximum absolute atomic E-state index is 11.0. The van der Waals surface area contributed by atoms with Crippen molar-refractivity contribution in [3.8, 4) is 0 Å². The highest BCUT2D eigenvalue weighted by molar-refractivity contribution is 5.17. The number of rotatable bonds is 2. The van der Waals surface area contributed by atoms with Crippen molar-refractivity contribution in [3.63, 3.8) is 0 Å². The lowest BCUT2D eigenvalue weighted by atomic mass is 9.43. The minimum Gasteiger partial charge on any atom is -0.393 e. The van der Waals surface area contributed by atoms with E-state index in [1.165, 1.54) is 0 Å². The van der Waals surface area contributed by atoms with Gasteiger partial charge in [0.15, 0.2) is 0 Å². The SMILES string of the molecule is C[C@@]12CCC[C@@](O)(CO)[C@H]1CC[C@@]13C[C@@H](CC[C@H]12)[C@@](O)(CO)C3. The van der Waals surface area contributed by atoms with Gasteiger partial charge in [0.25, 0.3) is 0 Å². The molecular formula is C19H32O4. The molecule has 7 atom stereocenters. The van der Waals surface area contributed by atoms with E-state index < -0.39 is 11.2 Å². The van der Waals surface area contributed by atoms with Crippen molar-refractivity contribution >= 4 is 0 Å². The smallest absolute Gasteiger partial charge is 0.0910 e. The Morgan fingerprint density at radius 2 is 1.61 bits per heavy atom. The van der Waals surface area contributed by atoms with E-state index in [9.17, 15) is 20.4 Å². The molecule has 0 radical (unpaired) electrons. The Hall–Kier alpha value is -0.160. The van der Waals surface area contributed by atoms with Crippen molar-refractivity contribution in [2.75, 3.05) is 13.2 Å². The molecule has 4 heteroatoms. The zero-order chi connectivity index (χ0) is 16.5. The Labute approximate surface area is 138 Å². The first-order valence-electron chi connectivity index (χ1n) is 9.48. The fraction of sp³-hybridized carbons (Fsp3) is 1.00. The molecule has 4 saturated carbocycles. The third kappa shape index (κ3) is 1.98. The van der Waals surface area contributed by atoms with Crippen LogP contribution in [0.2, 0.25) is 0 Å². The van der Waals surface area contributed by atoms with Gasteiger partial charge in [-0.15, -0.1) is 0 Å². The molecule has 23 heavy (non-hydrogen) atoms. The minimum absolute atomic E-state index is 0.0552. The van der Waals surface area contributed by atoms with Crippen molar-refractivity contribution in [1.82, 2.24) is 0 Å². The van der Waals surface area contributed by atoms with Crippen molar-refractivity contribution in [3.05, 3.63) is 0 Å². The first kappa shape index (κ1) is 16.3. The van der Waals surface area contributed by atoms with Crippen LogP contribution in [0.15, 0.2) is 0 Å². The molecule has 132 valence electrons. The lowest BCUT2D eigenvalue weighted by molar-refractivity contribution is -0.199. The standard InChI is InChI=1S/C19H32O4/c1-16-6-2-7-18(22,11-20)15(16)5-8-17-9-13(3-4-14(16)17)19(23,10-17)12-21/h13-15,20-23H,2-12H2,1H3/t13-,14+,15+,16+,17+,18-,19+/m1/s1. The summed E-state index contributed by atoms with van der Waals surface area (Å²) >= 11 is 0. The molecule has 0 aromatic carbocycles. The topological polar surface area (TPSA) is 80.9 Å². The second-order valence-corrected chi connectivity index (χ2v) is 9.54. The number of hydrogen-bond donors (Lipinski definition) is 4. The Bertz CT molecular complexity index is 496. The highest BCUT2D eigenvalue weighted by Crippen LogP contribution is 2.71. The fourth-order valence-corrected chi connectivity index (χ4v) is 7.77. The van der Waals surface area contributed by atoms with Gasteiger partial charge in [-0.1, -0.05) is 6.92 Å². The molecule has 4 N–H and O–H groups in total. The summed E-state index contributed by atoms with van der Waals surface area (Å²) < 4.78 is 0. The van der Waals surface area contributed by atoms with Crippen molar-refractivity contribution in [2.45, 2.75) is 75.9 Å². The Balaban J connectivity index is 1.71. The van der Waals surface area contributed by atoms with Crippen molar-refractivity contribution < 1.29 is 20.4 Å². The van der Waals surface area contributed by atoms with Crippen LogP contribution in [0.5, 0.6) is 0 Å². The molecule has 2 bridgehead atoms. The van der Waals surface area contributed by atoms with Crippen LogP contribution >= 0.6 is 0 Å². The molecule has 4 rings (SSSR count). The number of aliphatic hydroxyl groups is 4. The van der Waals surface area contributed by atoms with Crippen molar-refractivity contribution in [1.29, 1.82) is 0 Å². The lowest BCUT2D eigenvalue weighted by Crippen LogP contribution is -2.60. The molecule has 0 amide bonds. The van der Waals surface area contributed by atoms with E-state index in [2.05, 4.69) is 6.92 Å². The van der Waals surface area contributed by atoms with E-state index >= 15 is 0 Å². The first-order valence-corrected chi connectivity index (χ1v) is 9.48. The van der Waals surface area contributed by atoms with Gasteiger partial charge < -0.3 is 20.4 Å². The zero-order valence-corrected chi connectivity index (χ0v) is 14.3. The summed E-state index contributed by atoms with van der Waals surface area (Å²) in [5.41, 5.74) is -1.61. The molecule has 0 aromatic rings. The molecule has 4 nitrogen and oxygen atoms in total. The molecule has 0 aromatic heterocycles. The normalized spacial score (nSPS) is 58.6. The van der Waals surface area contributed by atoms with E-state index in [0.717, 1.165) is 51.4 Å². The van der Waals surface area contributed by atoms with E-state index in [-0.39, 0.29) is 35.9 Å². The molecule has 0 saturated heterocycles. The summed E-state index contributed by atoms with van der Waals surface area (Å²) in [6.07, 6.45) is 8.63. The maximum Gasteiger partial charge on any atom is 0.0910 e. The number of aliphatic hydroxyl groups excluding tert-OH is 2. The summed E-state index contributed by atoms with van der Waals surface area (Å²) in [5.74, 6) is 0.914. The summed E-state index contributed by atoms with van der Waals surface area (Å²) in [7, 11) is 0. The van der Waals surface area contributed by atoms with Crippen LogP contribution in [0.4, 0.5) is 0 Å². The summed E-state index contributed by atoms with van der Waals surface area (Å²) in [6.45, 7) is 2.09. The van der Waals surface area contributed by atoms with Gasteiger partial charge in [-0.3, -0.25) is 0 Å². The molecule has 4 aliphatic rings. The van der Waals surface area contributed by atoms with E-state index in [1.54, 1.807) is 0 Å². The fourth-order valence-electron chi connectivity index (χ4n) is 7.77. The molecule has 0 heterocycles. The third-order valence-electron chi connectivity index (χ3n) is 8.66.